The molecule has 4 atom stereocenters. The van der Waals surface area contributed by atoms with Crippen molar-refractivity contribution < 1.29 is 36.4 Å². The van der Waals surface area contributed by atoms with Crippen molar-refractivity contribution in [1.82, 2.24) is 4.90 Å². The average Bonchev–Trinajstić information content (AvgIpc) is 2.81. The number of rotatable bonds is 2. The monoisotopic (exact) mass is 293 g/mol. The summed E-state index contributed by atoms with van der Waals surface area (Å²) in [6.07, 6.45) is -3.23. The highest BCUT2D eigenvalue weighted by atomic mass is 32.2. The number of nitrogens with zero attached hydrogens (tertiary/aromatic N) is 1. The lowest BCUT2D eigenvalue weighted by Crippen LogP contribution is -2.60. The SMILES string of the molecule is CS(=O)(=O)O[C@@H]1C2COC(=O)N2C[C@@H]2OC(=O)O[C@H]21. The molecular weight excluding hydrogens is 282 g/mol. The van der Waals surface area contributed by atoms with Gasteiger partial charge in [-0.15, -0.1) is 0 Å². The second-order valence-corrected chi connectivity index (χ2v) is 6.15. The zero-order chi connectivity index (χ0) is 13.8. The predicted molar refractivity (Wildman–Crippen MR) is 56.7 cm³/mol. The van der Waals surface area contributed by atoms with E-state index in [9.17, 15) is 18.0 Å². The number of carbonyl (C=O) groups excluding carboxylic acids is 2. The molecule has 0 aromatic carbocycles. The smallest absolute Gasteiger partial charge is 0.447 e. The average molecular weight is 293 g/mol. The zero-order valence-electron chi connectivity index (χ0n) is 9.85. The normalized spacial score (nSPS) is 37.2. The maximum absolute atomic E-state index is 11.5. The second-order valence-electron chi connectivity index (χ2n) is 4.55. The van der Waals surface area contributed by atoms with Crippen LogP contribution in [0.1, 0.15) is 0 Å². The molecule has 106 valence electrons. The molecule has 3 fully saturated rings. The Morgan fingerprint density at radius 2 is 2.05 bits per heavy atom. The van der Waals surface area contributed by atoms with Gasteiger partial charge in [-0.25, -0.2) is 9.59 Å². The van der Waals surface area contributed by atoms with Crippen LogP contribution in [0.25, 0.3) is 0 Å². The van der Waals surface area contributed by atoms with Gasteiger partial charge in [0.1, 0.15) is 18.8 Å². The lowest BCUT2D eigenvalue weighted by molar-refractivity contribution is -0.0442. The summed E-state index contributed by atoms with van der Waals surface area (Å²) in [5, 5.41) is 0. The van der Waals surface area contributed by atoms with Crippen LogP contribution in [0.15, 0.2) is 0 Å². The number of hydrogen-bond acceptors (Lipinski definition) is 8. The van der Waals surface area contributed by atoms with Gasteiger partial charge in [-0.2, -0.15) is 8.42 Å². The predicted octanol–water partition coefficient (Wildman–Crippen LogP) is -0.930. The molecule has 3 saturated heterocycles. The van der Waals surface area contributed by atoms with E-state index in [1.165, 1.54) is 4.90 Å². The van der Waals surface area contributed by atoms with Crippen LogP contribution in [0.4, 0.5) is 9.59 Å². The van der Waals surface area contributed by atoms with Crippen molar-refractivity contribution in [3.63, 3.8) is 0 Å². The number of carbonyl (C=O) groups is 2. The van der Waals surface area contributed by atoms with Gasteiger partial charge in [-0.1, -0.05) is 0 Å². The largest absolute Gasteiger partial charge is 0.509 e. The Balaban J connectivity index is 1.91. The molecule has 3 rings (SSSR count). The van der Waals surface area contributed by atoms with Crippen molar-refractivity contribution in [3.05, 3.63) is 0 Å². The van der Waals surface area contributed by atoms with E-state index in [-0.39, 0.29) is 13.2 Å². The van der Waals surface area contributed by atoms with E-state index in [2.05, 4.69) is 0 Å². The molecule has 0 saturated carbocycles. The molecule has 10 heteroatoms. The molecule has 9 nitrogen and oxygen atoms in total. The first-order valence-electron chi connectivity index (χ1n) is 5.54. The van der Waals surface area contributed by atoms with Gasteiger partial charge in [0.15, 0.2) is 12.2 Å². The highest BCUT2D eigenvalue weighted by Crippen LogP contribution is 2.33. The quantitative estimate of drug-likeness (QED) is 0.474. The van der Waals surface area contributed by atoms with Crippen LogP contribution in [-0.4, -0.2) is 69.3 Å². The summed E-state index contributed by atoms with van der Waals surface area (Å²) in [5.74, 6) is 0. The van der Waals surface area contributed by atoms with Crippen molar-refractivity contribution in [2.45, 2.75) is 24.4 Å². The zero-order valence-corrected chi connectivity index (χ0v) is 10.7. The fourth-order valence-electron chi connectivity index (χ4n) is 2.51. The first-order chi connectivity index (χ1) is 8.85. The van der Waals surface area contributed by atoms with Crippen LogP contribution in [0.3, 0.4) is 0 Å². The molecule has 0 aliphatic carbocycles. The maximum atomic E-state index is 11.5. The minimum atomic E-state index is -3.78. The number of cyclic esters (lactones) is 1. The highest BCUT2D eigenvalue weighted by molar-refractivity contribution is 7.86. The number of piperidine rings is 1. The van der Waals surface area contributed by atoms with E-state index in [0.29, 0.717) is 0 Å². The number of fused-ring (bicyclic) bond motifs is 2. The molecule has 3 heterocycles. The summed E-state index contributed by atoms with van der Waals surface area (Å²) in [6.45, 7) is 0.0866. The Bertz CT molecular complexity index is 528. The molecule has 3 aliphatic heterocycles. The lowest BCUT2D eigenvalue weighted by Gasteiger charge is -2.37. The molecule has 19 heavy (non-hydrogen) atoms. The fourth-order valence-corrected chi connectivity index (χ4v) is 3.15. The summed E-state index contributed by atoms with van der Waals surface area (Å²) < 4.78 is 42.2. The van der Waals surface area contributed by atoms with Gasteiger partial charge in [-0.05, 0) is 0 Å². The number of amides is 1. The minimum absolute atomic E-state index is 0.0141. The van der Waals surface area contributed by atoms with E-state index in [1.54, 1.807) is 0 Å². The van der Waals surface area contributed by atoms with Gasteiger partial charge >= 0.3 is 12.2 Å². The molecular formula is C9H11NO8S. The Morgan fingerprint density at radius 3 is 2.74 bits per heavy atom. The fraction of sp³-hybridized carbons (Fsp3) is 0.778. The van der Waals surface area contributed by atoms with Crippen molar-refractivity contribution in [1.29, 1.82) is 0 Å². The Morgan fingerprint density at radius 1 is 1.32 bits per heavy atom. The Hall–Kier alpha value is -1.55. The summed E-state index contributed by atoms with van der Waals surface area (Å²) in [7, 11) is -3.78. The molecule has 0 aromatic heterocycles. The molecule has 0 aromatic rings. The van der Waals surface area contributed by atoms with Crippen molar-refractivity contribution in [2.75, 3.05) is 19.4 Å². The summed E-state index contributed by atoms with van der Waals surface area (Å²) in [5.41, 5.74) is 0. The first kappa shape index (κ1) is 12.5. The van der Waals surface area contributed by atoms with E-state index < -0.39 is 46.7 Å². The molecule has 0 spiro atoms. The van der Waals surface area contributed by atoms with Gasteiger partial charge in [0, 0.05) is 0 Å². The van der Waals surface area contributed by atoms with Gasteiger partial charge < -0.3 is 14.2 Å². The third-order valence-electron chi connectivity index (χ3n) is 3.22. The van der Waals surface area contributed by atoms with E-state index in [1.807, 2.05) is 0 Å². The van der Waals surface area contributed by atoms with E-state index >= 15 is 0 Å². The molecule has 0 N–H and O–H groups in total. The van der Waals surface area contributed by atoms with Crippen LogP contribution >= 0.6 is 0 Å². The van der Waals surface area contributed by atoms with Crippen molar-refractivity contribution in [2.24, 2.45) is 0 Å². The molecule has 1 amide bonds. The molecule has 3 aliphatic rings. The van der Waals surface area contributed by atoms with Crippen LogP contribution in [0.2, 0.25) is 0 Å². The van der Waals surface area contributed by atoms with Gasteiger partial charge in [0.25, 0.3) is 10.1 Å². The topological polar surface area (TPSA) is 108 Å². The maximum Gasteiger partial charge on any atom is 0.509 e. The van der Waals surface area contributed by atoms with Crippen molar-refractivity contribution in [3.8, 4) is 0 Å². The van der Waals surface area contributed by atoms with Crippen LogP contribution in [-0.2, 0) is 28.5 Å². The third-order valence-corrected chi connectivity index (χ3v) is 3.80. The summed E-state index contributed by atoms with van der Waals surface area (Å²) in [4.78, 5) is 23.9. The number of ether oxygens (including phenoxy) is 3. The Labute approximate surface area is 108 Å². The minimum Gasteiger partial charge on any atom is -0.447 e. The van der Waals surface area contributed by atoms with Crippen LogP contribution < -0.4 is 0 Å². The van der Waals surface area contributed by atoms with E-state index in [0.717, 1.165) is 6.26 Å². The second kappa shape index (κ2) is 3.97. The summed E-state index contributed by atoms with van der Waals surface area (Å²) in [6, 6.07) is -0.613. The standard InChI is InChI=1S/C9H11NO8S/c1-19(13,14)18-6-4-3-15-8(11)10(4)2-5-7(6)17-9(12)16-5/h4-7H,2-3H2,1H3/t4?,5-,6+,7+/m0/s1. The highest BCUT2D eigenvalue weighted by Gasteiger charge is 2.57. The lowest BCUT2D eigenvalue weighted by atomic mass is 9.95. The first-order valence-corrected chi connectivity index (χ1v) is 7.36. The summed E-state index contributed by atoms with van der Waals surface area (Å²) >= 11 is 0. The van der Waals surface area contributed by atoms with Gasteiger partial charge in [0.2, 0.25) is 0 Å². The van der Waals surface area contributed by atoms with Crippen LogP contribution in [0.5, 0.6) is 0 Å². The number of hydrogen-bond donors (Lipinski definition) is 0. The van der Waals surface area contributed by atoms with E-state index in [4.69, 9.17) is 18.4 Å². The Kier molecular flexibility index (Phi) is 2.61. The molecule has 1 unspecified atom stereocenters. The third kappa shape index (κ3) is 2.10. The van der Waals surface area contributed by atoms with Gasteiger partial charge in [-0.3, -0.25) is 9.08 Å². The molecule has 0 radical (unpaired) electrons. The van der Waals surface area contributed by atoms with Crippen molar-refractivity contribution >= 4 is 22.4 Å². The molecule has 0 bridgehead atoms. The van der Waals surface area contributed by atoms with Crippen LogP contribution in [0, 0.1) is 0 Å². The van der Waals surface area contributed by atoms with Gasteiger partial charge in [0.05, 0.1) is 12.8 Å².